The number of ether oxygens (including phenoxy) is 1. The summed E-state index contributed by atoms with van der Waals surface area (Å²) in [5, 5.41) is 14.1. The predicted octanol–water partition coefficient (Wildman–Crippen LogP) is 0.393. The lowest BCUT2D eigenvalue weighted by molar-refractivity contribution is -0.128. The lowest BCUT2D eigenvalue weighted by Gasteiger charge is -2.14. The average Bonchev–Trinajstić information content (AvgIpc) is 2.88. The minimum absolute atomic E-state index is 0.0946. The molecule has 4 amide bonds. The lowest BCUT2D eigenvalue weighted by atomic mass is 10.1. The normalized spacial score (nSPS) is 18.0. The zero-order valence-corrected chi connectivity index (χ0v) is 14.3. The molecule has 1 aromatic rings. The molecule has 0 aliphatic carbocycles. The Hall–Kier alpha value is -2.61. The SMILES string of the molecule is COc1ccc(CN2C(=O)N[C@@H](CCC(=O)N[C@H](C)CO)C2=O)cc1. The van der Waals surface area contributed by atoms with E-state index in [0.717, 1.165) is 10.5 Å². The van der Waals surface area contributed by atoms with Crippen molar-refractivity contribution in [2.24, 2.45) is 0 Å². The molecule has 8 nitrogen and oxygen atoms in total. The Morgan fingerprint density at radius 3 is 2.64 bits per heavy atom. The van der Waals surface area contributed by atoms with Crippen LogP contribution in [-0.2, 0) is 16.1 Å². The van der Waals surface area contributed by atoms with E-state index in [-0.39, 0.29) is 43.8 Å². The highest BCUT2D eigenvalue weighted by Gasteiger charge is 2.37. The van der Waals surface area contributed by atoms with Gasteiger partial charge in [0.1, 0.15) is 11.8 Å². The van der Waals surface area contributed by atoms with Gasteiger partial charge in [-0.25, -0.2) is 4.79 Å². The van der Waals surface area contributed by atoms with E-state index >= 15 is 0 Å². The number of amides is 4. The zero-order valence-electron chi connectivity index (χ0n) is 14.3. The van der Waals surface area contributed by atoms with Gasteiger partial charge in [0.25, 0.3) is 5.91 Å². The summed E-state index contributed by atoms with van der Waals surface area (Å²) in [5.74, 6) is 0.0861. The smallest absolute Gasteiger partial charge is 0.325 e. The van der Waals surface area contributed by atoms with Crippen LogP contribution >= 0.6 is 0 Å². The summed E-state index contributed by atoms with van der Waals surface area (Å²) in [5.41, 5.74) is 0.805. The molecule has 1 aromatic carbocycles. The van der Waals surface area contributed by atoms with E-state index in [1.54, 1.807) is 38.3 Å². The van der Waals surface area contributed by atoms with E-state index in [2.05, 4.69) is 10.6 Å². The first-order valence-corrected chi connectivity index (χ1v) is 8.09. The molecular weight excluding hydrogens is 326 g/mol. The van der Waals surface area contributed by atoms with Crippen molar-refractivity contribution in [3.05, 3.63) is 29.8 Å². The molecule has 0 unspecified atom stereocenters. The largest absolute Gasteiger partial charge is 0.497 e. The lowest BCUT2D eigenvalue weighted by Crippen LogP contribution is -2.37. The van der Waals surface area contributed by atoms with Crippen LogP contribution < -0.4 is 15.4 Å². The van der Waals surface area contributed by atoms with Crippen LogP contribution in [0.15, 0.2) is 24.3 Å². The second-order valence-electron chi connectivity index (χ2n) is 5.96. The van der Waals surface area contributed by atoms with Crippen molar-refractivity contribution >= 4 is 17.8 Å². The second kappa shape index (κ2) is 8.48. The van der Waals surface area contributed by atoms with Crippen molar-refractivity contribution in [3.63, 3.8) is 0 Å². The van der Waals surface area contributed by atoms with Crippen molar-refractivity contribution in [1.29, 1.82) is 0 Å². The number of nitrogens with zero attached hydrogens (tertiary/aromatic N) is 1. The first-order chi connectivity index (χ1) is 11.9. The zero-order chi connectivity index (χ0) is 18.4. The quantitative estimate of drug-likeness (QED) is 0.589. The van der Waals surface area contributed by atoms with Crippen molar-refractivity contribution in [2.75, 3.05) is 13.7 Å². The van der Waals surface area contributed by atoms with Gasteiger partial charge < -0.3 is 20.5 Å². The second-order valence-corrected chi connectivity index (χ2v) is 5.96. The van der Waals surface area contributed by atoms with Crippen LogP contribution in [0.3, 0.4) is 0 Å². The number of hydrogen-bond donors (Lipinski definition) is 3. The van der Waals surface area contributed by atoms with Gasteiger partial charge in [-0.2, -0.15) is 0 Å². The van der Waals surface area contributed by atoms with E-state index in [4.69, 9.17) is 9.84 Å². The van der Waals surface area contributed by atoms with Gasteiger partial charge in [0, 0.05) is 12.5 Å². The highest BCUT2D eigenvalue weighted by Crippen LogP contribution is 2.17. The average molecular weight is 349 g/mol. The molecule has 3 N–H and O–H groups in total. The maximum atomic E-state index is 12.4. The first kappa shape index (κ1) is 18.7. The van der Waals surface area contributed by atoms with E-state index in [1.807, 2.05) is 0 Å². The molecule has 0 aromatic heterocycles. The number of aliphatic hydroxyl groups is 1. The van der Waals surface area contributed by atoms with E-state index in [1.165, 1.54) is 0 Å². The monoisotopic (exact) mass is 349 g/mol. The number of urea groups is 1. The third-order valence-corrected chi connectivity index (χ3v) is 3.95. The molecule has 1 aliphatic heterocycles. The van der Waals surface area contributed by atoms with Gasteiger partial charge in [-0.05, 0) is 31.0 Å². The van der Waals surface area contributed by atoms with Crippen LogP contribution in [0.1, 0.15) is 25.3 Å². The Balaban J connectivity index is 1.89. The molecule has 1 aliphatic rings. The van der Waals surface area contributed by atoms with Crippen LogP contribution in [0.4, 0.5) is 4.79 Å². The van der Waals surface area contributed by atoms with Gasteiger partial charge >= 0.3 is 6.03 Å². The summed E-state index contributed by atoms with van der Waals surface area (Å²) in [6, 6.07) is 5.59. The van der Waals surface area contributed by atoms with E-state index in [9.17, 15) is 14.4 Å². The number of aliphatic hydroxyl groups excluding tert-OH is 1. The van der Waals surface area contributed by atoms with Crippen molar-refractivity contribution in [2.45, 2.75) is 38.4 Å². The van der Waals surface area contributed by atoms with E-state index in [0.29, 0.717) is 5.75 Å². The molecule has 0 spiro atoms. The van der Waals surface area contributed by atoms with Gasteiger partial charge in [-0.3, -0.25) is 14.5 Å². The van der Waals surface area contributed by atoms with Gasteiger partial charge in [-0.1, -0.05) is 12.1 Å². The molecule has 0 bridgehead atoms. The molecule has 1 heterocycles. The van der Waals surface area contributed by atoms with Crippen LogP contribution in [0.2, 0.25) is 0 Å². The number of benzene rings is 1. The summed E-state index contributed by atoms with van der Waals surface area (Å²) in [4.78, 5) is 37.3. The molecule has 1 saturated heterocycles. The summed E-state index contributed by atoms with van der Waals surface area (Å²) >= 11 is 0. The van der Waals surface area contributed by atoms with Gasteiger partial charge in [0.2, 0.25) is 5.91 Å². The molecule has 25 heavy (non-hydrogen) atoms. The number of imide groups is 1. The molecule has 2 atom stereocenters. The Kier molecular flexibility index (Phi) is 6.35. The fourth-order valence-corrected chi connectivity index (χ4v) is 2.50. The Labute approximate surface area is 146 Å². The Bertz CT molecular complexity index is 632. The highest BCUT2D eigenvalue weighted by molar-refractivity contribution is 6.04. The van der Waals surface area contributed by atoms with Crippen LogP contribution in [-0.4, -0.2) is 53.7 Å². The summed E-state index contributed by atoms with van der Waals surface area (Å²) in [6.07, 6.45) is 0.311. The fourth-order valence-electron chi connectivity index (χ4n) is 2.50. The Morgan fingerprint density at radius 1 is 1.36 bits per heavy atom. The maximum Gasteiger partial charge on any atom is 0.325 e. The van der Waals surface area contributed by atoms with Gasteiger partial charge in [0.15, 0.2) is 0 Å². The van der Waals surface area contributed by atoms with Crippen molar-refractivity contribution in [3.8, 4) is 5.75 Å². The summed E-state index contributed by atoms with van der Waals surface area (Å²) in [6.45, 7) is 1.69. The minimum Gasteiger partial charge on any atom is -0.497 e. The summed E-state index contributed by atoms with van der Waals surface area (Å²) in [7, 11) is 1.56. The standard InChI is InChI=1S/C17H23N3O5/c1-11(10-21)18-15(22)8-7-14-16(23)20(17(24)19-14)9-12-3-5-13(25-2)6-4-12/h3-6,11,14,21H,7-10H2,1-2H3,(H,18,22)(H,19,24)/t11-,14+/m1/s1. The van der Waals surface area contributed by atoms with Crippen LogP contribution in [0.25, 0.3) is 0 Å². The van der Waals surface area contributed by atoms with Gasteiger partial charge in [-0.15, -0.1) is 0 Å². The third kappa shape index (κ3) is 4.93. The van der Waals surface area contributed by atoms with Crippen molar-refractivity contribution < 1.29 is 24.2 Å². The highest BCUT2D eigenvalue weighted by atomic mass is 16.5. The molecule has 0 saturated carbocycles. The topological polar surface area (TPSA) is 108 Å². The predicted molar refractivity (Wildman–Crippen MR) is 89.8 cm³/mol. The summed E-state index contributed by atoms with van der Waals surface area (Å²) < 4.78 is 5.07. The van der Waals surface area contributed by atoms with Crippen molar-refractivity contribution in [1.82, 2.24) is 15.5 Å². The van der Waals surface area contributed by atoms with E-state index < -0.39 is 12.1 Å². The molecule has 0 radical (unpaired) electrons. The number of hydrogen-bond acceptors (Lipinski definition) is 5. The van der Waals surface area contributed by atoms with Crippen LogP contribution in [0.5, 0.6) is 5.75 Å². The number of nitrogens with one attached hydrogen (secondary N) is 2. The number of rotatable bonds is 8. The molecule has 1 fully saturated rings. The number of methoxy groups -OCH3 is 1. The molecule has 8 heteroatoms. The third-order valence-electron chi connectivity index (χ3n) is 3.95. The number of carbonyl (C=O) groups excluding carboxylic acids is 3. The maximum absolute atomic E-state index is 12.4. The molecule has 136 valence electrons. The molecular formula is C17H23N3O5. The van der Waals surface area contributed by atoms with Gasteiger partial charge in [0.05, 0.1) is 20.3 Å². The fraction of sp³-hybridized carbons (Fsp3) is 0.471. The number of carbonyl (C=O) groups is 3. The minimum atomic E-state index is -0.707. The van der Waals surface area contributed by atoms with Crippen LogP contribution in [0, 0.1) is 0 Å². The first-order valence-electron chi connectivity index (χ1n) is 8.09. The Morgan fingerprint density at radius 2 is 2.04 bits per heavy atom. The molecule has 2 rings (SSSR count).